The van der Waals surface area contributed by atoms with Gasteiger partial charge in [-0.2, -0.15) is 0 Å². The van der Waals surface area contributed by atoms with Crippen LogP contribution in [0.5, 0.6) is 0 Å². The van der Waals surface area contributed by atoms with E-state index in [1.54, 1.807) is 0 Å². The molecular weight excluding hydrogens is 199 g/mol. The van der Waals surface area contributed by atoms with Crippen LogP contribution in [0, 0.1) is 5.82 Å². The van der Waals surface area contributed by atoms with Crippen LogP contribution in [0.25, 0.3) is 0 Å². The van der Waals surface area contributed by atoms with Crippen molar-refractivity contribution in [1.82, 2.24) is 0 Å². The van der Waals surface area contributed by atoms with E-state index in [0.717, 1.165) is 0 Å². The summed E-state index contributed by atoms with van der Waals surface area (Å²) in [5, 5.41) is 9.29. The highest BCUT2D eigenvalue weighted by molar-refractivity contribution is 5.98. The number of hydrogen-bond acceptors (Lipinski definition) is 3. The number of carbonyl (C=O) groups is 1. The summed E-state index contributed by atoms with van der Waals surface area (Å²) in [7, 11) is 0. The van der Waals surface area contributed by atoms with Gasteiger partial charge in [-0.3, -0.25) is 4.79 Å². The van der Waals surface area contributed by atoms with Crippen molar-refractivity contribution in [3.05, 3.63) is 24.0 Å². The zero-order chi connectivity index (χ0) is 11.0. The van der Waals surface area contributed by atoms with Crippen molar-refractivity contribution in [2.75, 3.05) is 17.2 Å². The summed E-state index contributed by atoms with van der Waals surface area (Å²) in [4.78, 5) is 12.7. The topological polar surface area (TPSA) is 66.6 Å². The molecule has 0 saturated carbocycles. The van der Waals surface area contributed by atoms with Crippen LogP contribution in [-0.2, 0) is 4.79 Å². The van der Waals surface area contributed by atoms with Crippen LogP contribution < -0.4 is 10.6 Å². The van der Waals surface area contributed by atoms with E-state index in [0.29, 0.717) is 11.4 Å². The van der Waals surface area contributed by atoms with Crippen LogP contribution >= 0.6 is 0 Å². The molecule has 0 bridgehead atoms. The summed E-state index contributed by atoms with van der Waals surface area (Å²) in [5.41, 5.74) is 6.30. The number of hydrogen-bond donors (Lipinski definition) is 2. The molecule has 0 aromatic heterocycles. The maximum atomic E-state index is 13.0. The Morgan fingerprint density at radius 1 is 1.53 bits per heavy atom. The van der Waals surface area contributed by atoms with Crippen LogP contribution in [0.2, 0.25) is 0 Å². The lowest BCUT2D eigenvalue weighted by molar-refractivity contribution is -0.117. The molecule has 15 heavy (non-hydrogen) atoms. The smallest absolute Gasteiger partial charge is 0.229 e. The monoisotopic (exact) mass is 210 g/mol. The highest BCUT2D eigenvalue weighted by Crippen LogP contribution is 2.28. The van der Waals surface area contributed by atoms with E-state index in [1.165, 1.54) is 23.1 Å². The van der Waals surface area contributed by atoms with E-state index < -0.39 is 11.9 Å². The van der Waals surface area contributed by atoms with E-state index >= 15 is 0 Å². The number of nitrogens with zero attached hydrogens (tertiary/aromatic N) is 1. The van der Waals surface area contributed by atoms with Crippen molar-refractivity contribution in [3.8, 4) is 0 Å². The molecule has 1 saturated heterocycles. The number of aliphatic hydroxyl groups excluding tert-OH is 1. The number of carbonyl (C=O) groups excluding carboxylic acids is 1. The van der Waals surface area contributed by atoms with Crippen molar-refractivity contribution >= 4 is 17.3 Å². The minimum absolute atomic E-state index is 0.0654. The first-order valence-electron chi connectivity index (χ1n) is 4.61. The molecular formula is C10H11FN2O2. The number of nitrogen functional groups attached to an aromatic ring is 1. The number of nitrogens with two attached hydrogens (primary N) is 1. The highest BCUT2D eigenvalue weighted by atomic mass is 19.1. The summed E-state index contributed by atoms with van der Waals surface area (Å²) < 4.78 is 13.0. The van der Waals surface area contributed by atoms with Crippen LogP contribution in [0.15, 0.2) is 18.2 Å². The molecule has 0 aliphatic carbocycles. The zero-order valence-corrected chi connectivity index (χ0v) is 7.98. The standard InChI is InChI=1S/C10H11FN2O2/c11-6-1-2-8(12)9(3-6)13-5-7(14)4-10(13)15/h1-3,7,14H,4-5,12H2. The van der Waals surface area contributed by atoms with E-state index in [-0.39, 0.29) is 18.9 Å². The lowest BCUT2D eigenvalue weighted by Crippen LogP contribution is -2.26. The van der Waals surface area contributed by atoms with Crippen LogP contribution in [0.1, 0.15) is 6.42 Å². The molecule has 1 atom stereocenters. The molecule has 1 amide bonds. The Bertz CT molecular complexity index is 408. The third-order valence-corrected chi connectivity index (χ3v) is 2.39. The lowest BCUT2D eigenvalue weighted by Gasteiger charge is -2.17. The van der Waals surface area contributed by atoms with Gasteiger partial charge in [0.05, 0.1) is 30.4 Å². The van der Waals surface area contributed by atoms with Gasteiger partial charge in [0.1, 0.15) is 5.82 Å². The van der Waals surface area contributed by atoms with Crippen LogP contribution in [0.4, 0.5) is 15.8 Å². The predicted molar refractivity (Wildman–Crippen MR) is 53.8 cm³/mol. The van der Waals surface area contributed by atoms with Crippen molar-refractivity contribution < 1.29 is 14.3 Å². The molecule has 80 valence electrons. The molecule has 1 aromatic carbocycles. The molecule has 1 unspecified atom stereocenters. The Morgan fingerprint density at radius 3 is 2.87 bits per heavy atom. The normalized spacial score (nSPS) is 21.1. The quantitative estimate of drug-likeness (QED) is 0.663. The van der Waals surface area contributed by atoms with Gasteiger partial charge in [0.2, 0.25) is 5.91 Å². The van der Waals surface area contributed by atoms with Gasteiger partial charge in [-0.25, -0.2) is 4.39 Å². The summed E-state index contributed by atoms with van der Waals surface area (Å²) in [6, 6.07) is 3.84. The van der Waals surface area contributed by atoms with Gasteiger partial charge in [-0.15, -0.1) is 0 Å². The van der Waals surface area contributed by atoms with Crippen molar-refractivity contribution in [1.29, 1.82) is 0 Å². The Labute approximate surface area is 86.1 Å². The third kappa shape index (κ3) is 1.78. The number of aliphatic hydroxyl groups is 1. The fourth-order valence-corrected chi connectivity index (χ4v) is 1.67. The number of rotatable bonds is 1. The number of benzene rings is 1. The summed E-state index contributed by atoms with van der Waals surface area (Å²) in [5.74, 6) is -0.687. The summed E-state index contributed by atoms with van der Waals surface area (Å²) >= 11 is 0. The summed E-state index contributed by atoms with van der Waals surface area (Å²) in [6.45, 7) is 0.173. The maximum Gasteiger partial charge on any atom is 0.229 e. The Kier molecular flexibility index (Phi) is 2.32. The minimum Gasteiger partial charge on any atom is -0.397 e. The van der Waals surface area contributed by atoms with Gasteiger partial charge in [0.25, 0.3) is 0 Å². The van der Waals surface area contributed by atoms with E-state index in [9.17, 15) is 14.3 Å². The average molecular weight is 210 g/mol. The van der Waals surface area contributed by atoms with Crippen molar-refractivity contribution in [2.24, 2.45) is 0 Å². The van der Waals surface area contributed by atoms with Crippen LogP contribution in [0.3, 0.4) is 0 Å². The molecule has 0 spiro atoms. The first-order valence-corrected chi connectivity index (χ1v) is 4.61. The zero-order valence-electron chi connectivity index (χ0n) is 7.98. The number of amides is 1. The number of halogens is 1. The minimum atomic E-state index is -0.694. The summed E-state index contributed by atoms with van der Waals surface area (Å²) in [6.07, 6.45) is -0.629. The van der Waals surface area contributed by atoms with Gasteiger partial charge < -0.3 is 15.7 Å². The SMILES string of the molecule is Nc1ccc(F)cc1N1CC(O)CC1=O. The second-order valence-electron chi connectivity index (χ2n) is 3.57. The van der Waals surface area contributed by atoms with E-state index in [1.807, 2.05) is 0 Å². The molecule has 4 nitrogen and oxygen atoms in total. The molecule has 1 aliphatic heterocycles. The van der Waals surface area contributed by atoms with Gasteiger partial charge in [0.15, 0.2) is 0 Å². The predicted octanol–water partition coefficient (Wildman–Crippen LogP) is 0.506. The molecule has 1 heterocycles. The van der Waals surface area contributed by atoms with Crippen molar-refractivity contribution in [3.63, 3.8) is 0 Å². The van der Waals surface area contributed by atoms with E-state index in [4.69, 9.17) is 5.73 Å². The Hall–Kier alpha value is -1.62. The van der Waals surface area contributed by atoms with Gasteiger partial charge in [-0.05, 0) is 18.2 Å². The van der Waals surface area contributed by atoms with Gasteiger partial charge in [0, 0.05) is 0 Å². The molecule has 1 aromatic rings. The Morgan fingerprint density at radius 2 is 2.27 bits per heavy atom. The molecule has 5 heteroatoms. The second kappa shape index (κ2) is 3.51. The molecule has 3 N–H and O–H groups in total. The average Bonchev–Trinajstić information content (AvgIpc) is 2.50. The highest BCUT2D eigenvalue weighted by Gasteiger charge is 2.30. The lowest BCUT2D eigenvalue weighted by atomic mass is 10.2. The third-order valence-electron chi connectivity index (χ3n) is 2.39. The van der Waals surface area contributed by atoms with E-state index in [2.05, 4.69) is 0 Å². The fraction of sp³-hybridized carbons (Fsp3) is 0.300. The number of anilines is 2. The molecule has 1 aliphatic rings. The first kappa shape index (κ1) is 9.92. The fourth-order valence-electron chi connectivity index (χ4n) is 1.67. The van der Waals surface area contributed by atoms with Crippen molar-refractivity contribution in [2.45, 2.75) is 12.5 Å². The molecule has 2 rings (SSSR count). The van der Waals surface area contributed by atoms with Gasteiger partial charge in [-0.1, -0.05) is 0 Å². The molecule has 1 fully saturated rings. The largest absolute Gasteiger partial charge is 0.397 e. The van der Waals surface area contributed by atoms with Gasteiger partial charge >= 0.3 is 0 Å². The first-order chi connectivity index (χ1) is 7.08. The second-order valence-corrected chi connectivity index (χ2v) is 3.57. The number of β-amino-alcohol motifs (C(OH)–C–C–N with tert-alkyl or cyclic N) is 1. The maximum absolute atomic E-state index is 13.0. The molecule has 0 radical (unpaired) electrons. The Balaban J connectivity index is 2.37. The van der Waals surface area contributed by atoms with Crippen LogP contribution in [-0.4, -0.2) is 23.7 Å².